The maximum absolute atomic E-state index is 12.5. The number of hydrogen-bond donors (Lipinski definition) is 1. The van der Waals surface area contributed by atoms with Crippen LogP contribution in [-0.2, 0) is 14.6 Å². The lowest BCUT2D eigenvalue weighted by molar-refractivity contribution is -0.133. The van der Waals surface area contributed by atoms with E-state index in [1.54, 1.807) is 0 Å². The number of hydrogen-bond acceptors (Lipinski definition) is 4. The molecule has 2 aliphatic heterocycles. The highest BCUT2D eigenvalue weighted by atomic mass is 32.2. The quantitative estimate of drug-likeness (QED) is 0.831. The molecule has 2 rings (SSSR count). The van der Waals surface area contributed by atoms with Gasteiger partial charge in [-0.25, -0.2) is 8.42 Å². The van der Waals surface area contributed by atoms with Crippen molar-refractivity contribution in [3.8, 4) is 0 Å². The molecule has 3 atom stereocenters. The van der Waals surface area contributed by atoms with Crippen molar-refractivity contribution in [3.63, 3.8) is 0 Å². The zero-order chi connectivity index (χ0) is 14.8. The second-order valence-electron chi connectivity index (χ2n) is 6.39. The topological polar surface area (TPSA) is 66.5 Å². The summed E-state index contributed by atoms with van der Waals surface area (Å²) >= 11 is 0. The van der Waals surface area contributed by atoms with Crippen LogP contribution in [0.3, 0.4) is 0 Å². The zero-order valence-electron chi connectivity index (χ0n) is 12.5. The monoisotopic (exact) mass is 302 g/mol. The van der Waals surface area contributed by atoms with Crippen LogP contribution in [0.4, 0.5) is 0 Å². The van der Waals surface area contributed by atoms with Gasteiger partial charge < -0.3 is 10.2 Å². The standard InChI is InChI=1S/C14H26N2O3S/c1-11-5-6-13(15-2)14(17)16(8-11)9-12-4-3-7-20(18,19)10-12/h11-13,15H,3-10H2,1-2H3. The van der Waals surface area contributed by atoms with Crippen molar-refractivity contribution < 1.29 is 13.2 Å². The molecule has 1 N–H and O–H groups in total. The lowest BCUT2D eigenvalue weighted by atomic mass is 10.0. The minimum absolute atomic E-state index is 0.111. The Balaban J connectivity index is 2.03. The molecule has 0 aromatic rings. The molecule has 2 heterocycles. The van der Waals surface area contributed by atoms with Crippen LogP contribution in [0.15, 0.2) is 0 Å². The van der Waals surface area contributed by atoms with Gasteiger partial charge in [0.1, 0.15) is 0 Å². The van der Waals surface area contributed by atoms with E-state index < -0.39 is 9.84 Å². The van der Waals surface area contributed by atoms with Crippen molar-refractivity contribution in [3.05, 3.63) is 0 Å². The van der Waals surface area contributed by atoms with Gasteiger partial charge in [0.2, 0.25) is 5.91 Å². The number of sulfone groups is 1. The van der Waals surface area contributed by atoms with Crippen molar-refractivity contribution in [2.24, 2.45) is 11.8 Å². The van der Waals surface area contributed by atoms with Gasteiger partial charge in [-0.1, -0.05) is 6.92 Å². The summed E-state index contributed by atoms with van der Waals surface area (Å²) in [4.78, 5) is 14.4. The number of rotatable bonds is 3. The van der Waals surface area contributed by atoms with Crippen molar-refractivity contribution in [1.82, 2.24) is 10.2 Å². The summed E-state index contributed by atoms with van der Waals surface area (Å²) in [5.74, 6) is 1.29. The summed E-state index contributed by atoms with van der Waals surface area (Å²) in [6, 6.07) is -0.111. The van der Waals surface area contributed by atoms with Crippen molar-refractivity contribution in [2.75, 3.05) is 31.6 Å². The molecule has 2 fully saturated rings. The highest BCUT2D eigenvalue weighted by Crippen LogP contribution is 2.23. The van der Waals surface area contributed by atoms with Crippen LogP contribution in [-0.4, -0.2) is 56.9 Å². The summed E-state index contributed by atoms with van der Waals surface area (Å²) in [5, 5.41) is 3.09. The van der Waals surface area contributed by atoms with Gasteiger partial charge in [0.05, 0.1) is 17.5 Å². The Labute approximate surface area is 122 Å². The summed E-state index contributed by atoms with van der Waals surface area (Å²) in [6.07, 6.45) is 3.56. The molecule has 0 radical (unpaired) electrons. The molecular weight excluding hydrogens is 276 g/mol. The van der Waals surface area contributed by atoms with E-state index in [-0.39, 0.29) is 23.6 Å². The van der Waals surface area contributed by atoms with Gasteiger partial charge in [-0.15, -0.1) is 0 Å². The molecule has 6 heteroatoms. The summed E-state index contributed by atoms with van der Waals surface area (Å²) in [5.41, 5.74) is 0. The predicted molar refractivity (Wildman–Crippen MR) is 79.2 cm³/mol. The highest BCUT2D eigenvalue weighted by molar-refractivity contribution is 7.91. The van der Waals surface area contributed by atoms with E-state index in [4.69, 9.17) is 0 Å². The van der Waals surface area contributed by atoms with Crippen LogP contribution in [0.2, 0.25) is 0 Å². The molecule has 1 amide bonds. The Kier molecular flexibility index (Phi) is 5.07. The predicted octanol–water partition coefficient (Wildman–Crippen LogP) is 0.658. The molecule has 0 saturated carbocycles. The lowest BCUT2D eigenvalue weighted by Crippen LogP contribution is -2.47. The number of carbonyl (C=O) groups is 1. The van der Waals surface area contributed by atoms with Crippen LogP contribution in [0.5, 0.6) is 0 Å². The van der Waals surface area contributed by atoms with Gasteiger partial charge in [-0.05, 0) is 44.6 Å². The molecule has 0 bridgehead atoms. The van der Waals surface area contributed by atoms with E-state index in [2.05, 4.69) is 12.2 Å². The van der Waals surface area contributed by atoms with E-state index in [1.165, 1.54) is 0 Å². The van der Waals surface area contributed by atoms with Gasteiger partial charge in [-0.2, -0.15) is 0 Å². The van der Waals surface area contributed by atoms with Crippen LogP contribution in [0, 0.1) is 11.8 Å². The number of carbonyl (C=O) groups excluding carboxylic acids is 1. The summed E-state index contributed by atoms with van der Waals surface area (Å²) < 4.78 is 23.4. The molecule has 2 saturated heterocycles. The first-order chi connectivity index (χ1) is 9.41. The van der Waals surface area contributed by atoms with Crippen LogP contribution in [0.1, 0.15) is 32.6 Å². The summed E-state index contributed by atoms with van der Waals surface area (Å²) in [6.45, 7) is 3.52. The Morgan fingerprint density at radius 2 is 2.05 bits per heavy atom. The first-order valence-electron chi connectivity index (χ1n) is 7.58. The second-order valence-corrected chi connectivity index (χ2v) is 8.62. The molecule has 3 unspecified atom stereocenters. The van der Waals surface area contributed by atoms with Gasteiger partial charge >= 0.3 is 0 Å². The third-order valence-electron chi connectivity index (χ3n) is 4.47. The highest BCUT2D eigenvalue weighted by Gasteiger charge is 2.32. The van der Waals surface area contributed by atoms with E-state index in [0.29, 0.717) is 18.2 Å². The smallest absolute Gasteiger partial charge is 0.239 e. The maximum atomic E-state index is 12.5. The van der Waals surface area contributed by atoms with E-state index >= 15 is 0 Å². The molecule has 0 aromatic heterocycles. The molecule has 116 valence electrons. The SMILES string of the molecule is CNC1CCC(C)CN(CC2CCCS(=O)(=O)C2)C1=O. The molecule has 20 heavy (non-hydrogen) atoms. The number of nitrogens with one attached hydrogen (secondary N) is 1. The minimum atomic E-state index is -2.90. The fourth-order valence-electron chi connectivity index (χ4n) is 3.36. The van der Waals surface area contributed by atoms with Gasteiger partial charge in [0.15, 0.2) is 9.84 Å². The average molecular weight is 302 g/mol. The van der Waals surface area contributed by atoms with Crippen LogP contribution in [0.25, 0.3) is 0 Å². The Hall–Kier alpha value is -0.620. The van der Waals surface area contributed by atoms with E-state index in [9.17, 15) is 13.2 Å². The molecule has 2 aliphatic rings. The number of amides is 1. The molecular formula is C14H26N2O3S. The van der Waals surface area contributed by atoms with Gasteiger partial charge in [-0.3, -0.25) is 4.79 Å². The third kappa shape index (κ3) is 3.95. The number of likely N-dealkylation sites (N-methyl/N-ethyl adjacent to an activating group) is 1. The van der Waals surface area contributed by atoms with Gasteiger partial charge in [0, 0.05) is 13.1 Å². The third-order valence-corrected chi connectivity index (χ3v) is 6.36. The Morgan fingerprint density at radius 3 is 2.70 bits per heavy atom. The Morgan fingerprint density at radius 1 is 1.30 bits per heavy atom. The van der Waals surface area contributed by atoms with E-state index in [1.807, 2.05) is 11.9 Å². The lowest BCUT2D eigenvalue weighted by Gasteiger charge is -2.31. The Bertz CT molecular complexity index is 449. The maximum Gasteiger partial charge on any atom is 0.239 e. The first kappa shape index (κ1) is 15.8. The second kappa shape index (κ2) is 6.43. The van der Waals surface area contributed by atoms with Crippen molar-refractivity contribution >= 4 is 15.7 Å². The number of nitrogens with zero attached hydrogens (tertiary/aromatic N) is 1. The molecule has 0 aromatic carbocycles. The first-order valence-corrected chi connectivity index (χ1v) is 9.40. The molecule has 0 aliphatic carbocycles. The van der Waals surface area contributed by atoms with Gasteiger partial charge in [0.25, 0.3) is 0 Å². The van der Waals surface area contributed by atoms with Crippen LogP contribution >= 0.6 is 0 Å². The van der Waals surface area contributed by atoms with Crippen molar-refractivity contribution in [1.29, 1.82) is 0 Å². The fourth-order valence-corrected chi connectivity index (χ4v) is 5.12. The van der Waals surface area contributed by atoms with Crippen molar-refractivity contribution in [2.45, 2.75) is 38.6 Å². The molecule has 0 spiro atoms. The normalized spacial score (nSPS) is 34.8. The summed E-state index contributed by atoms with van der Waals surface area (Å²) in [7, 11) is -1.07. The minimum Gasteiger partial charge on any atom is -0.341 e. The molecule has 5 nitrogen and oxygen atoms in total. The van der Waals surface area contributed by atoms with Crippen LogP contribution < -0.4 is 5.32 Å². The average Bonchev–Trinajstić information content (AvgIpc) is 2.49. The zero-order valence-corrected chi connectivity index (χ0v) is 13.3. The number of likely N-dealkylation sites (tertiary alicyclic amines) is 1. The van der Waals surface area contributed by atoms with E-state index in [0.717, 1.165) is 32.2 Å². The fraction of sp³-hybridized carbons (Fsp3) is 0.929. The largest absolute Gasteiger partial charge is 0.341 e.